The lowest BCUT2D eigenvalue weighted by atomic mass is 10.2. The van der Waals surface area contributed by atoms with Crippen molar-refractivity contribution in [2.24, 2.45) is 10.2 Å². The molecular formula is C13H9ClN4O6S. The third-order valence-electron chi connectivity index (χ3n) is 2.76. The number of aromatic hydroxyl groups is 1. The monoisotopic (exact) mass is 384 g/mol. The van der Waals surface area contributed by atoms with Gasteiger partial charge in [0, 0.05) is 6.08 Å². The van der Waals surface area contributed by atoms with Crippen molar-refractivity contribution in [3.8, 4) is 5.75 Å². The first kappa shape index (κ1) is 18.4. The number of phenols is 1. The second-order valence-electron chi connectivity index (χ2n) is 4.32. The van der Waals surface area contributed by atoms with Gasteiger partial charge in [-0.1, -0.05) is 11.6 Å². The fourth-order valence-corrected chi connectivity index (χ4v) is 2.64. The van der Waals surface area contributed by atoms with Crippen LogP contribution in [0.5, 0.6) is 5.75 Å². The molecule has 0 saturated carbocycles. The first-order valence-electron chi connectivity index (χ1n) is 6.39. The number of ether oxygens (including phenoxy) is 1. The van der Waals surface area contributed by atoms with Crippen LogP contribution in [-0.2, 0) is 14.3 Å². The van der Waals surface area contributed by atoms with Gasteiger partial charge in [-0.25, -0.2) is 4.79 Å². The molecule has 0 spiro atoms. The molecule has 0 atom stereocenters. The molecule has 0 bridgehead atoms. The lowest BCUT2D eigenvalue weighted by molar-refractivity contribution is -0.384. The Hall–Kier alpha value is -2.92. The highest BCUT2D eigenvalue weighted by molar-refractivity contribution is 8.18. The summed E-state index contributed by atoms with van der Waals surface area (Å²) in [6, 6.07) is 2.35. The van der Waals surface area contributed by atoms with Gasteiger partial charge in [0.2, 0.25) is 0 Å². The SMILES string of the molecule is COC(=O)/C=C1/S/C(=N\N=Cc2c(O)ccc(Cl)c2[N+](=O)[O-])NC1=O. The maximum Gasteiger partial charge on any atom is 0.331 e. The molecule has 2 N–H and O–H groups in total. The number of hydrogen-bond donors (Lipinski definition) is 2. The van der Waals surface area contributed by atoms with E-state index in [0.29, 0.717) is 0 Å². The molecular weight excluding hydrogens is 376 g/mol. The number of phenolic OH excluding ortho intramolecular Hbond substituents is 1. The van der Waals surface area contributed by atoms with Crippen LogP contribution in [0.25, 0.3) is 0 Å². The zero-order chi connectivity index (χ0) is 18.6. The Balaban J connectivity index is 2.25. The highest BCUT2D eigenvalue weighted by atomic mass is 35.5. The quantitative estimate of drug-likeness (QED) is 0.263. The molecule has 130 valence electrons. The van der Waals surface area contributed by atoms with Crippen LogP contribution in [-0.4, -0.2) is 40.4 Å². The van der Waals surface area contributed by atoms with Gasteiger partial charge in [0.15, 0.2) is 5.17 Å². The Morgan fingerprint density at radius 2 is 2.24 bits per heavy atom. The molecule has 0 aliphatic carbocycles. The highest BCUT2D eigenvalue weighted by Crippen LogP contribution is 2.33. The molecule has 1 aliphatic rings. The Morgan fingerprint density at radius 3 is 2.88 bits per heavy atom. The Bertz CT molecular complexity index is 851. The zero-order valence-corrected chi connectivity index (χ0v) is 14.0. The van der Waals surface area contributed by atoms with Crippen LogP contribution < -0.4 is 5.32 Å². The number of nitrogens with zero attached hydrogens (tertiary/aromatic N) is 3. The van der Waals surface area contributed by atoms with Gasteiger partial charge in [0.25, 0.3) is 11.6 Å². The fourth-order valence-electron chi connectivity index (χ4n) is 1.66. The summed E-state index contributed by atoms with van der Waals surface area (Å²) >= 11 is 6.57. The van der Waals surface area contributed by atoms with E-state index in [1.807, 2.05) is 0 Å². The summed E-state index contributed by atoms with van der Waals surface area (Å²) in [5, 5.41) is 30.2. The molecule has 1 heterocycles. The Kier molecular flexibility index (Phi) is 5.72. The van der Waals surface area contributed by atoms with Gasteiger partial charge in [0.05, 0.1) is 23.2 Å². The lowest BCUT2D eigenvalue weighted by Gasteiger charge is -2.01. The van der Waals surface area contributed by atoms with Gasteiger partial charge in [-0.15, -0.1) is 5.10 Å². The first-order valence-corrected chi connectivity index (χ1v) is 7.58. The van der Waals surface area contributed by atoms with Crippen molar-refractivity contribution < 1.29 is 24.4 Å². The highest BCUT2D eigenvalue weighted by Gasteiger charge is 2.25. The second kappa shape index (κ2) is 7.77. The van der Waals surface area contributed by atoms with E-state index in [2.05, 4.69) is 20.3 Å². The van der Waals surface area contributed by atoms with E-state index >= 15 is 0 Å². The minimum absolute atomic E-state index is 0.0422. The van der Waals surface area contributed by atoms with Gasteiger partial charge in [-0.05, 0) is 23.9 Å². The molecule has 1 aromatic carbocycles. The number of benzene rings is 1. The molecule has 12 heteroatoms. The van der Waals surface area contributed by atoms with Crippen molar-refractivity contribution in [1.82, 2.24) is 5.32 Å². The number of amidine groups is 1. The van der Waals surface area contributed by atoms with Gasteiger partial charge >= 0.3 is 5.97 Å². The van der Waals surface area contributed by atoms with Crippen LogP contribution in [0.3, 0.4) is 0 Å². The summed E-state index contributed by atoms with van der Waals surface area (Å²) in [5.41, 5.74) is -0.762. The number of hydrogen-bond acceptors (Lipinski definition) is 9. The summed E-state index contributed by atoms with van der Waals surface area (Å²) in [4.78, 5) is 33.1. The van der Waals surface area contributed by atoms with Gasteiger partial charge in [-0.2, -0.15) is 5.10 Å². The zero-order valence-electron chi connectivity index (χ0n) is 12.4. The predicted molar refractivity (Wildman–Crippen MR) is 90.6 cm³/mol. The first-order chi connectivity index (χ1) is 11.8. The van der Waals surface area contributed by atoms with E-state index in [-0.39, 0.29) is 20.7 Å². The van der Waals surface area contributed by atoms with Crippen molar-refractivity contribution in [1.29, 1.82) is 0 Å². The number of carbonyl (C=O) groups excluding carboxylic acids is 2. The molecule has 1 aliphatic heterocycles. The third-order valence-corrected chi connectivity index (χ3v) is 3.97. The maximum atomic E-state index is 11.6. The van der Waals surface area contributed by atoms with E-state index < -0.39 is 28.2 Å². The van der Waals surface area contributed by atoms with Crippen molar-refractivity contribution in [3.05, 3.63) is 43.8 Å². The largest absolute Gasteiger partial charge is 0.507 e. The molecule has 1 aromatic rings. The summed E-state index contributed by atoms with van der Waals surface area (Å²) in [6.07, 6.45) is 1.92. The summed E-state index contributed by atoms with van der Waals surface area (Å²) in [5.74, 6) is -1.68. The van der Waals surface area contributed by atoms with Crippen LogP contribution in [0.15, 0.2) is 33.3 Å². The smallest absolute Gasteiger partial charge is 0.331 e. The molecule has 25 heavy (non-hydrogen) atoms. The summed E-state index contributed by atoms with van der Waals surface area (Å²) in [7, 11) is 1.17. The number of carbonyl (C=O) groups is 2. The molecule has 0 aromatic heterocycles. The number of amides is 1. The van der Waals surface area contributed by atoms with E-state index in [1.54, 1.807) is 0 Å². The average Bonchev–Trinajstić information content (AvgIpc) is 2.89. The van der Waals surface area contributed by atoms with Gasteiger partial charge in [-0.3, -0.25) is 20.2 Å². The molecule has 0 unspecified atom stereocenters. The second-order valence-corrected chi connectivity index (χ2v) is 5.76. The van der Waals surface area contributed by atoms with Gasteiger partial charge < -0.3 is 9.84 Å². The molecule has 1 saturated heterocycles. The van der Waals surface area contributed by atoms with E-state index in [9.17, 15) is 24.8 Å². The standard InChI is InChI=1S/C13H9ClN4O6S/c1-24-10(20)4-9-12(21)16-13(25-9)17-15-5-6-8(19)3-2-7(14)11(6)18(22)23/h2-5,19H,1H3,(H,16,17,21)/b9-4+,15-5?. The predicted octanol–water partition coefficient (Wildman–Crippen LogP) is 1.56. The molecule has 1 fully saturated rings. The average molecular weight is 385 g/mol. The Morgan fingerprint density at radius 1 is 1.52 bits per heavy atom. The van der Waals surface area contributed by atoms with Crippen molar-refractivity contribution in [3.63, 3.8) is 0 Å². The number of nitro benzene ring substituents is 1. The van der Waals surface area contributed by atoms with E-state index in [4.69, 9.17) is 11.6 Å². The van der Waals surface area contributed by atoms with Crippen molar-refractivity contribution >= 4 is 52.3 Å². The number of nitrogens with one attached hydrogen (secondary N) is 1. The van der Waals surface area contributed by atoms with Crippen LogP contribution in [0, 0.1) is 10.1 Å². The Labute approximate surface area is 149 Å². The van der Waals surface area contributed by atoms with Crippen molar-refractivity contribution in [2.75, 3.05) is 7.11 Å². The number of esters is 1. The van der Waals surface area contributed by atoms with E-state index in [1.165, 1.54) is 19.2 Å². The topological polar surface area (TPSA) is 143 Å². The molecule has 1 amide bonds. The lowest BCUT2D eigenvalue weighted by Crippen LogP contribution is -2.19. The van der Waals surface area contributed by atoms with Gasteiger partial charge in [0.1, 0.15) is 16.3 Å². The summed E-state index contributed by atoms with van der Waals surface area (Å²) < 4.78 is 4.41. The van der Waals surface area contributed by atoms with Crippen LogP contribution in [0.1, 0.15) is 5.56 Å². The van der Waals surface area contributed by atoms with Crippen molar-refractivity contribution in [2.45, 2.75) is 0 Å². The fraction of sp³-hybridized carbons (Fsp3) is 0.0769. The summed E-state index contributed by atoms with van der Waals surface area (Å²) in [6.45, 7) is 0. The third kappa shape index (κ3) is 4.33. The molecule has 2 rings (SSSR count). The van der Waals surface area contributed by atoms with Crippen LogP contribution in [0.2, 0.25) is 5.02 Å². The molecule has 10 nitrogen and oxygen atoms in total. The number of thioether (sulfide) groups is 1. The normalized spacial score (nSPS) is 17.3. The number of rotatable bonds is 4. The van der Waals surface area contributed by atoms with Crippen LogP contribution in [0.4, 0.5) is 5.69 Å². The minimum Gasteiger partial charge on any atom is -0.507 e. The van der Waals surface area contributed by atoms with E-state index in [0.717, 1.165) is 24.1 Å². The number of nitro groups is 1. The van der Waals surface area contributed by atoms with Crippen LogP contribution >= 0.6 is 23.4 Å². The number of halogens is 1. The minimum atomic E-state index is -0.764. The maximum absolute atomic E-state index is 11.6. The number of methoxy groups -OCH3 is 1. The molecule has 0 radical (unpaired) electrons.